The number of hydrogen-bond donors (Lipinski definition) is 0. The van der Waals surface area contributed by atoms with Crippen molar-refractivity contribution in [2.75, 3.05) is 26.7 Å². The number of methoxy groups -OCH3 is 1. The minimum absolute atomic E-state index is 0.286. The van der Waals surface area contributed by atoms with Crippen LogP contribution in [0.1, 0.15) is 38.7 Å². The lowest BCUT2D eigenvalue weighted by Gasteiger charge is -2.45. The van der Waals surface area contributed by atoms with Crippen LogP contribution < -0.4 is 4.74 Å². The van der Waals surface area contributed by atoms with Gasteiger partial charge in [0.1, 0.15) is 5.75 Å². The van der Waals surface area contributed by atoms with Crippen molar-refractivity contribution in [2.24, 2.45) is 11.8 Å². The van der Waals surface area contributed by atoms with Crippen molar-refractivity contribution in [1.29, 1.82) is 0 Å². The van der Waals surface area contributed by atoms with Crippen LogP contribution in [0.25, 0.3) is 0 Å². The molecule has 0 N–H and O–H groups in total. The van der Waals surface area contributed by atoms with Gasteiger partial charge in [-0.05, 0) is 60.8 Å². The van der Waals surface area contributed by atoms with Crippen molar-refractivity contribution < 1.29 is 4.74 Å². The molecule has 0 amide bonds. The highest BCUT2D eigenvalue weighted by Crippen LogP contribution is 2.41. The maximum atomic E-state index is 5.40. The molecule has 0 bridgehead atoms. The van der Waals surface area contributed by atoms with Crippen LogP contribution in [-0.4, -0.2) is 31.6 Å². The normalized spacial score (nSPS) is 31.2. The molecule has 1 saturated carbocycles. The van der Waals surface area contributed by atoms with E-state index < -0.39 is 0 Å². The van der Waals surface area contributed by atoms with E-state index >= 15 is 0 Å². The van der Waals surface area contributed by atoms with Crippen LogP contribution in [-0.2, 0) is 5.41 Å². The molecule has 2 fully saturated rings. The number of benzene rings is 1. The molecule has 3 rings (SSSR count). The second kappa shape index (κ2) is 5.40. The standard InChI is InChI=1S/C18H27NO/c1-14-12-19(13-15-7-8-15)10-9-18(14,2)16-5-4-6-17(11-16)20-3/h4-6,11,14-15H,7-10,12-13H2,1-3H3. The molecule has 1 aromatic carbocycles. The lowest BCUT2D eigenvalue weighted by Crippen LogP contribution is -2.47. The average molecular weight is 273 g/mol. The zero-order valence-corrected chi connectivity index (χ0v) is 13.1. The van der Waals surface area contributed by atoms with Crippen LogP contribution in [0, 0.1) is 11.8 Å². The molecule has 0 radical (unpaired) electrons. The topological polar surface area (TPSA) is 12.5 Å². The van der Waals surface area contributed by atoms with E-state index in [2.05, 4.69) is 36.9 Å². The molecule has 1 aliphatic carbocycles. The fourth-order valence-electron chi connectivity index (χ4n) is 3.56. The first-order valence-electron chi connectivity index (χ1n) is 7.98. The zero-order valence-electron chi connectivity index (χ0n) is 13.1. The van der Waals surface area contributed by atoms with Gasteiger partial charge >= 0.3 is 0 Å². The Hall–Kier alpha value is -1.02. The maximum Gasteiger partial charge on any atom is 0.119 e. The minimum atomic E-state index is 0.286. The third-order valence-electron chi connectivity index (χ3n) is 5.51. The van der Waals surface area contributed by atoms with Gasteiger partial charge in [-0.3, -0.25) is 0 Å². The molecule has 1 aromatic rings. The first-order valence-corrected chi connectivity index (χ1v) is 7.98. The Morgan fingerprint density at radius 2 is 2.15 bits per heavy atom. The quantitative estimate of drug-likeness (QED) is 0.829. The Bertz CT molecular complexity index is 468. The Balaban J connectivity index is 1.74. The van der Waals surface area contributed by atoms with Gasteiger partial charge in [-0.15, -0.1) is 0 Å². The van der Waals surface area contributed by atoms with E-state index in [1.807, 2.05) is 6.07 Å². The van der Waals surface area contributed by atoms with E-state index in [1.54, 1.807) is 7.11 Å². The van der Waals surface area contributed by atoms with Gasteiger partial charge in [0.15, 0.2) is 0 Å². The van der Waals surface area contributed by atoms with E-state index in [0.717, 1.165) is 11.7 Å². The molecule has 0 spiro atoms. The summed E-state index contributed by atoms with van der Waals surface area (Å²) >= 11 is 0. The maximum absolute atomic E-state index is 5.40. The summed E-state index contributed by atoms with van der Waals surface area (Å²) in [6.07, 6.45) is 4.17. The van der Waals surface area contributed by atoms with Gasteiger partial charge in [-0.1, -0.05) is 26.0 Å². The summed E-state index contributed by atoms with van der Waals surface area (Å²) in [4.78, 5) is 2.68. The van der Waals surface area contributed by atoms with Crippen molar-refractivity contribution >= 4 is 0 Å². The van der Waals surface area contributed by atoms with Crippen LogP contribution in [0.15, 0.2) is 24.3 Å². The van der Waals surface area contributed by atoms with Crippen molar-refractivity contribution in [3.05, 3.63) is 29.8 Å². The number of hydrogen-bond acceptors (Lipinski definition) is 2. The summed E-state index contributed by atoms with van der Waals surface area (Å²) in [7, 11) is 1.75. The van der Waals surface area contributed by atoms with Gasteiger partial charge < -0.3 is 9.64 Å². The van der Waals surface area contributed by atoms with Crippen molar-refractivity contribution in [1.82, 2.24) is 4.90 Å². The number of ether oxygens (including phenoxy) is 1. The minimum Gasteiger partial charge on any atom is -0.497 e. The Kier molecular flexibility index (Phi) is 3.76. The number of likely N-dealkylation sites (tertiary alicyclic amines) is 1. The fraction of sp³-hybridized carbons (Fsp3) is 0.667. The number of piperidine rings is 1. The first-order chi connectivity index (χ1) is 9.61. The summed E-state index contributed by atoms with van der Waals surface area (Å²) in [5, 5.41) is 0. The Morgan fingerprint density at radius 3 is 2.80 bits per heavy atom. The van der Waals surface area contributed by atoms with Crippen molar-refractivity contribution in [2.45, 2.75) is 38.5 Å². The first kappa shape index (κ1) is 13.9. The van der Waals surface area contributed by atoms with Crippen LogP contribution in [0.4, 0.5) is 0 Å². The highest BCUT2D eigenvalue weighted by molar-refractivity contribution is 5.34. The molecule has 1 saturated heterocycles. The van der Waals surface area contributed by atoms with Crippen LogP contribution in [0.5, 0.6) is 5.75 Å². The van der Waals surface area contributed by atoms with Crippen LogP contribution >= 0.6 is 0 Å². The number of rotatable bonds is 4. The monoisotopic (exact) mass is 273 g/mol. The Morgan fingerprint density at radius 1 is 1.35 bits per heavy atom. The van der Waals surface area contributed by atoms with E-state index in [0.29, 0.717) is 5.92 Å². The molecule has 110 valence electrons. The summed E-state index contributed by atoms with van der Waals surface area (Å²) in [6, 6.07) is 8.67. The smallest absolute Gasteiger partial charge is 0.119 e. The SMILES string of the molecule is COc1cccc(C2(C)CCN(CC3CC3)CC2C)c1. The fourth-order valence-corrected chi connectivity index (χ4v) is 3.56. The average Bonchev–Trinajstić information content (AvgIpc) is 3.27. The molecule has 1 heterocycles. The summed E-state index contributed by atoms with van der Waals surface area (Å²) in [5.74, 6) is 2.68. The molecule has 2 nitrogen and oxygen atoms in total. The second-order valence-corrected chi connectivity index (χ2v) is 7.00. The van der Waals surface area contributed by atoms with Gasteiger partial charge in [0.25, 0.3) is 0 Å². The van der Waals surface area contributed by atoms with Crippen molar-refractivity contribution in [3.63, 3.8) is 0 Å². The van der Waals surface area contributed by atoms with Gasteiger partial charge in [0.05, 0.1) is 7.11 Å². The van der Waals surface area contributed by atoms with E-state index in [9.17, 15) is 0 Å². The highest BCUT2D eigenvalue weighted by Gasteiger charge is 2.39. The van der Waals surface area contributed by atoms with Gasteiger partial charge in [-0.25, -0.2) is 0 Å². The summed E-state index contributed by atoms with van der Waals surface area (Å²) in [5.41, 5.74) is 1.73. The van der Waals surface area contributed by atoms with E-state index in [-0.39, 0.29) is 5.41 Å². The van der Waals surface area contributed by atoms with Gasteiger partial charge in [0.2, 0.25) is 0 Å². The molecule has 2 aliphatic rings. The zero-order chi connectivity index (χ0) is 14.2. The lowest BCUT2D eigenvalue weighted by atomic mass is 9.68. The molecule has 2 atom stereocenters. The molecular formula is C18H27NO. The van der Waals surface area contributed by atoms with Crippen molar-refractivity contribution in [3.8, 4) is 5.75 Å². The molecule has 20 heavy (non-hydrogen) atoms. The van der Waals surface area contributed by atoms with Crippen LogP contribution in [0.2, 0.25) is 0 Å². The summed E-state index contributed by atoms with van der Waals surface area (Å²) in [6.45, 7) is 8.66. The third kappa shape index (κ3) is 2.71. The highest BCUT2D eigenvalue weighted by atomic mass is 16.5. The van der Waals surface area contributed by atoms with E-state index in [4.69, 9.17) is 4.74 Å². The molecule has 1 aliphatic heterocycles. The molecule has 2 unspecified atom stereocenters. The Labute approximate surface area is 123 Å². The predicted molar refractivity (Wildman–Crippen MR) is 83.3 cm³/mol. The summed E-state index contributed by atoms with van der Waals surface area (Å²) < 4.78 is 5.40. The van der Waals surface area contributed by atoms with Gasteiger partial charge in [-0.2, -0.15) is 0 Å². The second-order valence-electron chi connectivity index (χ2n) is 7.00. The van der Waals surface area contributed by atoms with Crippen LogP contribution in [0.3, 0.4) is 0 Å². The largest absolute Gasteiger partial charge is 0.497 e. The van der Waals surface area contributed by atoms with Gasteiger partial charge in [0, 0.05) is 13.1 Å². The van der Waals surface area contributed by atoms with E-state index in [1.165, 1.54) is 44.5 Å². The number of nitrogens with zero attached hydrogens (tertiary/aromatic N) is 1. The third-order valence-corrected chi connectivity index (χ3v) is 5.51. The molecule has 0 aromatic heterocycles. The molecule has 2 heteroatoms. The predicted octanol–water partition coefficient (Wildman–Crippen LogP) is 3.70. The lowest BCUT2D eigenvalue weighted by molar-refractivity contribution is 0.107. The molecular weight excluding hydrogens is 246 g/mol.